The number of hydrogen-bond donors (Lipinski definition) is 2. The van der Waals surface area contributed by atoms with Crippen molar-refractivity contribution >= 4 is 27.5 Å². The number of rotatable bonds is 5. The molecule has 2 N–H and O–H groups in total. The zero-order valence-corrected chi connectivity index (χ0v) is 20.0. The Morgan fingerprint density at radius 2 is 1.81 bits per heavy atom. The Hall–Kier alpha value is -1.69. The smallest absolute Gasteiger partial charge is 0.259 e. The van der Waals surface area contributed by atoms with E-state index in [0.717, 1.165) is 47.2 Å². The van der Waals surface area contributed by atoms with Crippen molar-refractivity contribution in [3.05, 3.63) is 26.6 Å². The Morgan fingerprint density at radius 3 is 2.53 bits per heavy atom. The van der Waals surface area contributed by atoms with Gasteiger partial charge in [0.1, 0.15) is 10.7 Å². The zero-order valence-electron chi connectivity index (χ0n) is 19.2. The molecule has 2 aromatic rings. The van der Waals surface area contributed by atoms with Crippen LogP contribution in [0.4, 0.5) is 0 Å². The van der Waals surface area contributed by atoms with Crippen LogP contribution in [-0.2, 0) is 24.1 Å². The minimum absolute atomic E-state index is 0.0215. The average molecular weight is 454 g/mol. The summed E-state index contributed by atoms with van der Waals surface area (Å²) in [5.74, 6) is 3.42. The van der Waals surface area contributed by atoms with Crippen molar-refractivity contribution in [1.82, 2.24) is 15.3 Å². The lowest BCUT2D eigenvalue weighted by molar-refractivity contribution is -0.125. The molecule has 0 aliphatic heterocycles. The number of carbonyl (C=O) groups is 1. The van der Waals surface area contributed by atoms with Gasteiger partial charge in [0.2, 0.25) is 5.91 Å². The Kier molecular flexibility index (Phi) is 5.20. The summed E-state index contributed by atoms with van der Waals surface area (Å²) in [5.41, 5.74) is 1.53. The molecule has 6 heteroatoms. The fraction of sp³-hybridized carbons (Fsp3) is 0.731. The molecule has 0 saturated heterocycles. The maximum absolute atomic E-state index is 12.8. The molecule has 5 aliphatic rings. The SMILES string of the molecule is C[C@@H](NC(=O)CCc1nc2sc3c(c2c(=O)[nH]1)CCCCC3)C12CC3CC(CC(C3)C1)C2. The van der Waals surface area contributed by atoms with Gasteiger partial charge in [-0.25, -0.2) is 4.98 Å². The molecule has 172 valence electrons. The largest absolute Gasteiger partial charge is 0.353 e. The first-order chi connectivity index (χ1) is 15.5. The van der Waals surface area contributed by atoms with Crippen molar-refractivity contribution < 1.29 is 4.79 Å². The lowest BCUT2D eigenvalue weighted by atomic mass is 9.48. The highest BCUT2D eigenvalue weighted by Gasteiger charge is 2.53. The monoisotopic (exact) mass is 453 g/mol. The van der Waals surface area contributed by atoms with Gasteiger partial charge in [-0.1, -0.05) is 6.42 Å². The summed E-state index contributed by atoms with van der Waals surface area (Å²) in [7, 11) is 0. The van der Waals surface area contributed by atoms with Crippen LogP contribution in [0.25, 0.3) is 10.2 Å². The number of carbonyl (C=O) groups excluding carboxylic acids is 1. The van der Waals surface area contributed by atoms with E-state index in [-0.39, 0.29) is 17.5 Å². The number of nitrogens with one attached hydrogen (secondary N) is 2. The van der Waals surface area contributed by atoms with Gasteiger partial charge < -0.3 is 10.3 Å². The number of aromatic amines is 1. The molecule has 2 aromatic heterocycles. The number of aromatic nitrogens is 2. The predicted octanol–water partition coefficient (Wildman–Crippen LogP) is 4.91. The normalized spacial score (nSPS) is 32.0. The van der Waals surface area contributed by atoms with Gasteiger partial charge in [-0.3, -0.25) is 9.59 Å². The van der Waals surface area contributed by atoms with Crippen LogP contribution in [0.15, 0.2) is 4.79 Å². The molecule has 32 heavy (non-hydrogen) atoms. The van der Waals surface area contributed by atoms with Gasteiger partial charge in [-0.15, -0.1) is 11.3 Å². The van der Waals surface area contributed by atoms with E-state index in [1.54, 1.807) is 11.3 Å². The lowest BCUT2D eigenvalue weighted by Gasteiger charge is -2.59. The summed E-state index contributed by atoms with van der Waals surface area (Å²) in [5, 5.41) is 4.15. The molecular formula is C26H35N3O2S. The van der Waals surface area contributed by atoms with Crippen molar-refractivity contribution in [1.29, 1.82) is 0 Å². The van der Waals surface area contributed by atoms with Crippen LogP contribution in [-0.4, -0.2) is 21.9 Å². The van der Waals surface area contributed by atoms with Crippen LogP contribution in [0.1, 0.15) is 87.4 Å². The van der Waals surface area contributed by atoms with Gasteiger partial charge in [0.25, 0.3) is 5.56 Å². The summed E-state index contributed by atoms with van der Waals surface area (Å²) in [6.45, 7) is 2.23. The van der Waals surface area contributed by atoms with Crippen LogP contribution in [0.2, 0.25) is 0 Å². The highest BCUT2D eigenvalue weighted by atomic mass is 32.1. The first-order valence-corrected chi connectivity index (χ1v) is 13.6. The summed E-state index contributed by atoms with van der Waals surface area (Å²) in [6.07, 6.45) is 14.7. The van der Waals surface area contributed by atoms with E-state index in [1.165, 1.54) is 61.8 Å². The third kappa shape index (κ3) is 3.63. The van der Waals surface area contributed by atoms with E-state index in [1.807, 2.05) is 0 Å². The summed E-state index contributed by atoms with van der Waals surface area (Å²) in [4.78, 5) is 35.6. The molecule has 4 fully saturated rings. The lowest BCUT2D eigenvalue weighted by Crippen LogP contribution is -2.55. The number of nitrogens with zero attached hydrogens (tertiary/aromatic N) is 1. The summed E-state index contributed by atoms with van der Waals surface area (Å²) in [6, 6.07) is 0.242. The topological polar surface area (TPSA) is 74.8 Å². The molecule has 5 nitrogen and oxygen atoms in total. The minimum Gasteiger partial charge on any atom is -0.353 e. The number of hydrogen-bond acceptors (Lipinski definition) is 4. The van der Waals surface area contributed by atoms with Crippen LogP contribution in [0.5, 0.6) is 0 Å². The molecule has 7 rings (SSSR count). The molecule has 4 saturated carbocycles. The van der Waals surface area contributed by atoms with Crippen molar-refractivity contribution in [2.45, 2.75) is 96.4 Å². The second-order valence-electron chi connectivity index (χ2n) is 11.3. The number of thiophene rings is 1. The Morgan fingerprint density at radius 1 is 1.12 bits per heavy atom. The number of H-pyrrole nitrogens is 1. The van der Waals surface area contributed by atoms with E-state index in [4.69, 9.17) is 4.98 Å². The van der Waals surface area contributed by atoms with Gasteiger partial charge in [-0.05, 0) is 99.9 Å². The van der Waals surface area contributed by atoms with E-state index in [0.29, 0.717) is 24.1 Å². The second-order valence-corrected chi connectivity index (χ2v) is 12.4. The molecule has 0 aromatic carbocycles. The summed E-state index contributed by atoms with van der Waals surface area (Å²) >= 11 is 1.69. The molecule has 0 spiro atoms. The number of aryl methyl sites for hydroxylation is 3. The highest BCUT2D eigenvalue weighted by molar-refractivity contribution is 7.18. The van der Waals surface area contributed by atoms with E-state index >= 15 is 0 Å². The first kappa shape index (κ1) is 20.9. The number of fused-ring (bicyclic) bond motifs is 3. The van der Waals surface area contributed by atoms with Crippen molar-refractivity contribution in [3.63, 3.8) is 0 Å². The molecule has 0 unspecified atom stereocenters. The molecular weight excluding hydrogens is 418 g/mol. The van der Waals surface area contributed by atoms with Gasteiger partial charge in [0.15, 0.2) is 0 Å². The molecule has 1 atom stereocenters. The standard InChI is InChI=1S/C26H35N3O2S/c1-15(26-12-16-9-17(13-26)11-18(10-16)14-26)27-22(30)8-7-21-28-24(31)23-19-5-3-2-4-6-20(19)32-25(23)29-21/h15-18H,2-14H2,1H3,(H,27,30)(H,28,29,31)/t15-,16?,17?,18?,26?/m1/s1. The van der Waals surface area contributed by atoms with E-state index in [2.05, 4.69) is 17.2 Å². The van der Waals surface area contributed by atoms with Crippen LogP contribution in [0.3, 0.4) is 0 Å². The molecule has 1 amide bonds. The summed E-state index contributed by atoms with van der Waals surface area (Å²) < 4.78 is 0. The van der Waals surface area contributed by atoms with Crippen molar-refractivity contribution in [2.75, 3.05) is 0 Å². The highest BCUT2D eigenvalue weighted by Crippen LogP contribution is 2.61. The van der Waals surface area contributed by atoms with Gasteiger partial charge in [-0.2, -0.15) is 0 Å². The Labute approximate surface area is 193 Å². The first-order valence-electron chi connectivity index (χ1n) is 12.8. The van der Waals surface area contributed by atoms with Crippen LogP contribution < -0.4 is 10.9 Å². The molecule has 2 heterocycles. The Bertz CT molecular complexity index is 1070. The molecule has 0 radical (unpaired) electrons. The Balaban J connectivity index is 1.12. The third-order valence-corrected chi connectivity index (χ3v) is 10.3. The fourth-order valence-electron chi connectivity index (χ4n) is 7.91. The van der Waals surface area contributed by atoms with E-state index < -0.39 is 0 Å². The fourth-order valence-corrected chi connectivity index (χ4v) is 9.19. The van der Waals surface area contributed by atoms with Gasteiger partial charge >= 0.3 is 0 Å². The second kappa shape index (κ2) is 7.96. The van der Waals surface area contributed by atoms with Crippen molar-refractivity contribution in [3.8, 4) is 0 Å². The maximum Gasteiger partial charge on any atom is 0.259 e. The van der Waals surface area contributed by atoms with Gasteiger partial charge in [0, 0.05) is 23.8 Å². The van der Waals surface area contributed by atoms with Crippen molar-refractivity contribution in [2.24, 2.45) is 23.2 Å². The van der Waals surface area contributed by atoms with Crippen LogP contribution in [0, 0.1) is 23.2 Å². The van der Waals surface area contributed by atoms with Gasteiger partial charge in [0.05, 0.1) is 5.39 Å². The zero-order chi connectivity index (χ0) is 21.9. The van der Waals surface area contributed by atoms with E-state index in [9.17, 15) is 9.59 Å². The molecule has 4 bridgehead atoms. The van der Waals surface area contributed by atoms with Crippen LogP contribution >= 0.6 is 11.3 Å². The number of amides is 1. The third-order valence-electron chi connectivity index (χ3n) is 9.09. The minimum atomic E-state index is -0.0215. The quantitative estimate of drug-likeness (QED) is 0.632. The average Bonchev–Trinajstić information content (AvgIpc) is 2.93. The maximum atomic E-state index is 12.8. The molecule has 5 aliphatic carbocycles. The predicted molar refractivity (Wildman–Crippen MR) is 128 cm³/mol.